The van der Waals surface area contributed by atoms with Crippen molar-refractivity contribution in [2.45, 2.75) is 76.4 Å². The zero-order valence-electron chi connectivity index (χ0n) is 20.3. The van der Waals surface area contributed by atoms with E-state index in [2.05, 4.69) is 21.8 Å². The van der Waals surface area contributed by atoms with Crippen LogP contribution in [0.5, 0.6) is 0 Å². The zero-order chi connectivity index (χ0) is 22.7. The van der Waals surface area contributed by atoms with Crippen molar-refractivity contribution < 1.29 is 9.53 Å². The molecule has 1 N–H and O–H groups in total. The molecule has 0 bridgehead atoms. The Morgan fingerprint density at radius 3 is 2.67 bits per heavy atom. The lowest BCUT2D eigenvalue weighted by molar-refractivity contribution is -0.0213. The van der Waals surface area contributed by atoms with Crippen LogP contribution in [0, 0.1) is 0 Å². The van der Waals surface area contributed by atoms with Gasteiger partial charge in [0.25, 0.3) is 5.91 Å². The van der Waals surface area contributed by atoms with E-state index in [4.69, 9.17) is 9.84 Å². The fourth-order valence-corrected chi connectivity index (χ4v) is 7.26. The van der Waals surface area contributed by atoms with Crippen LogP contribution >= 0.6 is 11.8 Å². The first-order chi connectivity index (χ1) is 16.2. The quantitative estimate of drug-likeness (QED) is 0.654. The van der Waals surface area contributed by atoms with E-state index in [1.165, 1.54) is 36.9 Å². The molecule has 7 nitrogen and oxygen atoms in total. The summed E-state index contributed by atoms with van der Waals surface area (Å²) in [5.74, 6) is 2.23. The third kappa shape index (κ3) is 5.00. The predicted molar refractivity (Wildman–Crippen MR) is 133 cm³/mol. The van der Waals surface area contributed by atoms with Gasteiger partial charge in [0.15, 0.2) is 5.69 Å². The van der Waals surface area contributed by atoms with Gasteiger partial charge in [-0.15, -0.1) is 0 Å². The van der Waals surface area contributed by atoms with Gasteiger partial charge in [-0.3, -0.25) is 14.4 Å². The third-order valence-corrected chi connectivity index (χ3v) is 9.16. The van der Waals surface area contributed by atoms with Crippen LogP contribution in [-0.2, 0) is 24.1 Å². The van der Waals surface area contributed by atoms with Crippen molar-refractivity contribution in [3.05, 3.63) is 17.0 Å². The van der Waals surface area contributed by atoms with Crippen molar-refractivity contribution in [3.63, 3.8) is 0 Å². The molecule has 3 fully saturated rings. The Morgan fingerprint density at radius 1 is 1.18 bits per heavy atom. The fourth-order valence-electron chi connectivity index (χ4n) is 6.36. The highest BCUT2D eigenvalue weighted by Crippen LogP contribution is 2.36. The number of nitrogens with one attached hydrogen (secondary N) is 1. The number of thioether (sulfide) groups is 1. The third-order valence-electron chi connectivity index (χ3n) is 8.22. The molecule has 0 spiro atoms. The number of morpholine rings is 1. The minimum atomic E-state index is 0.155. The molecule has 0 aromatic carbocycles. The molecule has 4 aliphatic rings. The van der Waals surface area contributed by atoms with Crippen LogP contribution in [0.15, 0.2) is 0 Å². The Hall–Kier alpha value is -1.09. The van der Waals surface area contributed by atoms with E-state index >= 15 is 0 Å². The van der Waals surface area contributed by atoms with Gasteiger partial charge >= 0.3 is 0 Å². The lowest BCUT2D eigenvalue weighted by Gasteiger charge is -2.44. The summed E-state index contributed by atoms with van der Waals surface area (Å²) >= 11 is 1.94. The number of carbonyl (C=O) groups excluding carboxylic acids is 1. The average molecular weight is 476 g/mol. The first-order valence-electron chi connectivity index (χ1n) is 13.2. The first-order valence-corrected chi connectivity index (χ1v) is 14.4. The number of ether oxygens (including phenoxy) is 1. The summed E-state index contributed by atoms with van der Waals surface area (Å²) in [5.41, 5.74) is 3.57. The molecule has 184 valence electrons. The van der Waals surface area contributed by atoms with Crippen molar-refractivity contribution in [2.75, 3.05) is 57.4 Å². The minimum Gasteiger partial charge on any atom is -0.379 e. The van der Waals surface area contributed by atoms with E-state index in [1.807, 2.05) is 16.7 Å². The molecule has 5 rings (SSSR count). The summed E-state index contributed by atoms with van der Waals surface area (Å²) in [5, 5.41) is 8.87. The van der Waals surface area contributed by atoms with Crippen LogP contribution in [0.3, 0.4) is 0 Å². The zero-order valence-corrected chi connectivity index (χ0v) is 21.1. The number of carbonyl (C=O) groups is 1. The van der Waals surface area contributed by atoms with Crippen molar-refractivity contribution in [3.8, 4) is 0 Å². The molecule has 1 saturated carbocycles. The maximum Gasteiger partial charge on any atom is 0.274 e. The van der Waals surface area contributed by atoms with Crippen molar-refractivity contribution in [1.29, 1.82) is 0 Å². The summed E-state index contributed by atoms with van der Waals surface area (Å²) in [4.78, 5) is 18.2. The molecule has 1 atom stereocenters. The number of amides is 1. The first kappa shape index (κ1) is 23.6. The van der Waals surface area contributed by atoms with Gasteiger partial charge in [0, 0.05) is 73.6 Å². The highest BCUT2D eigenvalue weighted by atomic mass is 32.2. The van der Waals surface area contributed by atoms with Crippen LogP contribution in [-0.4, -0.2) is 94.5 Å². The lowest BCUT2D eigenvalue weighted by Crippen LogP contribution is -2.58. The van der Waals surface area contributed by atoms with Crippen LogP contribution < -0.4 is 5.32 Å². The molecule has 1 aromatic rings. The average Bonchev–Trinajstić information content (AvgIpc) is 3.49. The van der Waals surface area contributed by atoms with E-state index in [-0.39, 0.29) is 5.91 Å². The minimum absolute atomic E-state index is 0.155. The van der Waals surface area contributed by atoms with Crippen LogP contribution in [0.25, 0.3) is 0 Å². The van der Waals surface area contributed by atoms with Gasteiger partial charge in [-0.1, -0.05) is 19.8 Å². The summed E-state index contributed by atoms with van der Waals surface area (Å²) in [6, 6.07) is 0.429. The second kappa shape index (κ2) is 10.7. The standard InChI is InChI=1S/C25H41N5O2S/c1-2-9-30-22-6-5-20(18-21(22)23(27-30)24(31)28-12-16-33-17-13-28)26-19-25(7-3-4-8-25)29-10-14-32-15-11-29/h20,26H,2-19H2,1H3. The molecular formula is C25H41N5O2S. The van der Waals surface area contributed by atoms with Crippen molar-refractivity contribution in [2.24, 2.45) is 0 Å². The van der Waals surface area contributed by atoms with Crippen LogP contribution in [0.2, 0.25) is 0 Å². The Balaban J connectivity index is 1.30. The van der Waals surface area contributed by atoms with Crippen molar-refractivity contribution >= 4 is 17.7 Å². The number of aryl methyl sites for hydroxylation is 1. The fraction of sp³-hybridized carbons (Fsp3) is 0.840. The van der Waals surface area contributed by atoms with Crippen LogP contribution in [0.4, 0.5) is 0 Å². The number of rotatable bonds is 7. The summed E-state index contributed by atoms with van der Waals surface area (Å²) in [7, 11) is 0. The van der Waals surface area contributed by atoms with E-state index in [0.29, 0.717) is 11.6 Å². The maximum absolute atomic E-state index is 13.4. The number of aromatic nitrogens is 2. The summed E-state index contributed by atoms with van der Waals surface area (Å²) in [6.07, 6.45) is 9.40. The summed E-state index contributed by atoms with van der Waals surface area (Å²) < 4.78 is 7.78. The summed E-state index contributed by atoms with van der Waals surface area (Å²) in [6.45, 7) is 9.71. The largest absolute Gasteiger partial charge is 0.379 e. The molecule has 33 heavy (non-hydrogen) atoms. The predicted octanol–water partition coefficient (Wildman–Crippen LogP) is 2.57. The second-order valence-electron chi connectivity index (χ2n) is 10.3. The number of nitrogens with zero attached hydrogens (tertiary/aromatic N) is 4. The highest BCUT2D eigenvalue weighted by molar-refractivity contribution is 7.99. The Labute approximate surface area is 203 Å². The molecular weight excluding hydrogens is 434 g/mol. The number of hydrogen-bond acceptors (Lipinski definition) is 6. The number of fused-ring (bicyclic) bond motifs is 1. The van der Waals surface area contributed by atoms with E-state index in [9.17, 15) is 4.79 Å². The molecule has 1 unspecified atom stereocenters. The molecule has 8 heteroatoms. The van der Waals surface area contributed by atoms with Gasteiger partial charge in [-0.2, -0.15) is 16.9 Å². The normalized spacial score (nSPS) is 25.8. The van der Waals surface area contributed by atoms with Gasteiger partial charge in [-0.05, 0) is 38.5 Å². The Bertz CT molecular complexity index is 810. The maximum atomic E-state index is 13.4. The lowest BCUT2D eigenvalue weighted by atomic mass is 9.89. The molecule has 1 amide bonds. The molecule has 1 aromatic heterocycles. The monoisotopic (exact) mass is 475 g/mol. The molecule has 0 radical (unpaired) electrons. The molecule has 3 heterocycles. The van der Waals surface area contributed by atoms with Gasteiger partial charge in [0.1, 0.15) is 0 Å². The topological polar surface area (TPSA) is 62.6 Å². The molecule has 2 aliphatic carbocycles. The van der Waals surface area contributed by atoms with Gasteiger partial charge in [0.2, 0.25) is 0 Å². The Morgan fingerprint density at radius 2 is 1.94 bits per heavy atom. The van der Waals surface area contributed by atoms with Crippen LogP contribution in [0.1, 0.15) is 67.2 Å². The molecule has 2 saturated heterocycles. The second-order valence-corrected chi connectivity index (χ2v) is 11.5. The van der Waals surface area contributed by atoms with E-state index in [1.54, 1.807) is 0 Å². The van der Waals surface area contributed by atoms with Gasteiger partial charge in [-0.25, -0.2) is 0 Å². The Kier molecular flexibility index (Phi) is 7.64. The smallest absolute Gasteiger partial charge is 0.274 e. The van der Waals surface area contributed by atoms with Gasteiger partial charge in [0.05, 0.1) is 13.2 Å². The number of hydrogen-bond donors (Lipinski definition) is 1. The SMILES string of the molecule is CCCn1nc(C(=O)N2CCSCC2)c2c1CCC(NCC1(N3CCOCC3)CCCC1)C2. The van der Waals surface area contributed by atoms with Crippen molar-refractivity contribution in [1.82, 2.24) is 24.9 Å². The van der Waals surface area contributed by atoms with Gasteiger partial charge < -0.3 is 15.0 Å². The molecule has 2 aliphatic heterocycles. The highest BCUT2D eigenvalue weighted by Gasteiger charge is 2.41. The van der Waals surface area contributed by atoms with E-state index < -0.39 is 0 Å². The van der Waals surface area contributed by atoms with E-state index in [0.717, 1.165) is 95.4 Å².